The number of nitrogens with one attached hydrogen (secondary N) is 2. The van der Waals surface area contributed by atoms with Gasteiger partial charge in [0.15, 0.2) is 0 Å². The van der Waals surface area contributed by atoms with Crippen LogP contribution in [0.2, 0.25) is 0 Å². The minimum atomic E-state index is -0.417. The van der Waals surface area contributed by atoms with Crippen molar-refractivity contribution >= 4 is 62.4 Å². The predicted molar refractivity (Wildman–Crippen MR) is 175 cm³/mol. The third-order valence-electron chi connectivity index (χ3n) is 7.61. The topological polar surface area (TPSA) is 118 Å². The second-order valence-electron chi connectivity index (χ2n) is 11.6. The van der Waals surface area contributed by atoms with E-state index in [0.29, 0.717) is 24.4 Å². The number of aryl methyl sites for hydroxylation is 2. The first kappa shape index (κ1) is 28.4. The first-order valence-corrected chi connectivity index (χ1v) is 14.5. The van der Waals surface area contributed by atoms with Crippen molar-refractivity contribution in [1.82, 2.24) is 24.9 Å². The number of aliphatic hydroxyl groups is 1. The molecule has 0 spiro atoms. The van der Waals surface area contributed by atoms with Crippen molar-refractivity contribution in [1.29, 1.82) is 0 Å². The Morgan fingerprint density at radius 1 is 0.721 bits per heavy atom. The Morgan fingerprint density at radius 3 is 1.70 bits per heavy atom. The van der Waals surface area contributed by atoms with E-state index in [1.807, 2.05) is 71.2 Å². The molecule has 11 nitrogen and oxygen atoms in total. The predicted octanol–water partition coefficient (Wildman–Crippen LogP) is 5.17. The first-order chi connectivity index (χ1) is 20.6. The summed E-state index contributed by atoms with van der Waals surface area (Å²) in [6, 6.07) is 16.3. The van der Waals surface area contributed by atoms with Crippen LogP contribution >= 0.6 is 0 Å². The van der Waals surface area contributed by atoms with Gasteiger partial charge in [0.2, 0.25) is 17.8 Å². The fourth-order valence-corrected chi connectivity index (χ4v) is 5.58. The van der Waals surface area contributed by atoms with Gasteiger partial charge in [0.25, 0.3) is 0 Å². The minimum Gasteiger partial charge on any atom is -0.391 e. The molecule has 1 aliphatic rings. The highest BCUT2D eigenvalue weighted by Crippen LogP contribution is 2.31. The molecule has 2 aromatic carbocycles. The van der Waals surface area contributed by atoms with Crippen LogP contribution in [-0.4, -0.2) is 77.4 Å². The molecule has 0 aliphatic carbocycles. The third kappa shape index (κ3) is 6.07. The molecule has 3 aromatic heterocycles. The Bertz CT molecular complexity index is 1690. The molecular formula is C32H38N10O. The summed E-state index contributed by atoms with van der Waals surface area (Å²) >= 11 is 0. The molecule has 0 saturated carbocycles. The number of aromatic nitrogens is 5. The van der Waals surface area contributed by atoms with E-state index in [9.17, 15) is 5.11 Å². The molecule has 5 aromatic rings. The number of β-amino-alcohol motifs (C(OH)–C–C–N with tert-alkyl or cyclic N) is 1. The number of pyridine rings is 2. The minimum absolute atomic E-state index is 0.408. The molecule has 0 bridgehead atoms. The van der Waals surface area contributed by atoms with Gasteiger partial charge in [-0.05, 0) is 75.2 Å². The van der Waals surface area contributed by atoms with Gasteiger partial charge in [0, 0.05) is 86.2 Å². The molecule has 1 unspecified atom stereocenters. The van der Waals surface area contributed by atoms with E-state index in [0.717, 1.165) is 75.3 Å². The number of fused-ring (bicyclic) bond motifs is 2. The number of rotatable bonds is 7. The van der Waals surface area contributed by atoms with Crippen LogP contribution in [0.3, 0.4) is 0 Å². The third-order valence-corrected chi connectivity index (χ3v) is 7.61. The lowest BCUT2D eigenvalue weighted by molar-refractivity contribution is 0.153. The molecule has 1 fully saturated rings. The number of hydrogen-bond donors (Lipinski definition) is 3. The average molecular weight is 579 g/mol. The van der Waals surface area contributed by atoms with Crippen molar-refractivity contribution in [2.45, 2.75) is 32.8 Å². The highest BCUT2D eigenvalue weighted by atomic mass is 16.3. The van der Waals surface area contributed by atoms with Crippen molar-refractivity contribution in [3.05, 3.63) is 59.9 Å². The van der Waals surface area contributed by atoms with Crippen LogP contribution in [0.25, 0.3) is 21.8 Å². The van der Waals surface area contributed by atoms with E-state index in [-0.39, 0.29) is 0 Å². The molecule has 1 saturated heterocycles. The van der Waals surface area contributed by atoms with Crippen molar-refractivity contribution in [3.8, 4) is 0 Å². The van der Waals surface area contributed by atoms with E-state index < -0.39 is 6.10 Å². The van der Waals surface area contributed by atoms with Crippen molar-refractivity contribution in [2.24, 2.45) is 0 Å². The molecule has 0 amide bonds. The van der Waals surface area contributed by atoms with Crippen molar-refractivity contribution in [3.63, 3.8) is 0 Å². The van der Waals surface area contributed by atoms with Crippen molar-refractivity contribution < 1.29 is 5.11 Å². The number of aliphatic hydroxyl groups excluding tert-OH is 1. The smallest absolute Gasteiger partial charge is 0.233 e. The molecular weight excluding hydrogens is 540 g/mol. The summed E-state index contributed by atoms with van der Waals surface area (Å²) in [5, 5.41) is 19.2. The maximum atomic E-state index is 10.4. The molecule has 0 radical (unpaired) electrons. The molecule has 1 aliphatic heterocycles. The van der Waals surface area contributed by atoms with Gasteiger partial charge in [-0.15, -0.1) is 0 Å². The molecule has 222 valence electrons. The number of anilines is 7. The molecule has 43 heavy (non-hydrogen) atoms. The summed E-state index contributed by atoms with van der Waals surface area (Å²) in [5.74, 6) is 1.33. The Morgan fingerprint density at radius 2 is 1.23 bits per heavy atom. The van der Waals surface area contributed by atoms with Gasteiger partial charge in [0.1, 0.15) is 0 Å². The van der Waals surface area contributed by atoms with Crippen molar-refractivity contribution in [2.75, 3.05) is 66.6 Å². The van der Waals surface area contributed by atoms with Crippen LogP contribution in [0.4, 0.5) is 40.6 Å². The maximum absolute atomic E-state index is 10.4. The normalized spacial score (nSPS) is 15.1. The Labute approximate surface area is 251 Å². The molecule has 1 atom stereocenters. The van der Waals surface area contributed by atoms with Gasteiger partial charge in [0.05, 0.1) is 17.1 Å². The summed E-state index contributed by atoms with van der Waals surface area (Å²) in [6.45, 7) is 5.25. The number of hydrogen-bond acceptors (Lipinski definition) is 11. The van der Waals surface area contributed by atoms with Gasteiger partial charge >= 0.3 is 0 Å². The van der Waals surface area contributed by atoms with Crippen LogP contribution in [0, 0.1) is 13.8 Å². The van der Waals surface area contributed by atoms with E-state index >= 15 is 0 Å². The lowest BCUT2D eigenvalue weighted by atomic mass is 10.1. The van der Waals surface area contributed by atoms with E-state index in [1.54, 1.807) is 0 Å². The van der Waals surface area contributed by atoms with Crippen LogP contribution in [-0.2, 0) is 0 Å². The zero-order chi connectivity index (χ0) is 30.2. The first-order valence-electron chi connectivity index (χ1n) is 14.5. The Balaban J connectivity index is 1.38. The summed E-state index contributed by atoms with van der Waals surface area (Å²) in [5.41, 5.74) is 7.64. The van der Waals surface area contributed by atoms with Crippen LogP contribution in [0.1, 0.15) is 24.2 Å². The zero-order valence-electron chi connectivity index (χ0n) is 25.5. The summed E-state index contributed by atoms with van der Waals surface area (Å²) in [7, 11) is 8.12. The lowest BCUT2D eigenvalue weighted by Gasteiger charge is -2.30. The van der Waals surface area contributed by atoms with Crippen LogP contribution in [0.15, 0.2) is 48.5 Å². The van der Waals surface area contributed by atoms with E-state index in [2.05, 4.69) is 44.7 Å². The Hall–Kier alpha value is -4.77. The maximum Gasteiger partial charge on any atom is 0.233 e. The second-order valence-corrected chi connectivity index (χ2v) is 11.6. The Kier molecular flexibility index (Phi) is 7.57. The highest BCUT2D eigenvalue weighted by Gasteiger charge is 2.22. The fraction of sp³-hybridized carbons (Fsp3) is 0.344. The lowest BCUT2D eigenvalue weighted by Crippen LogP contribution is -2.39. The number of benzene rings is 2. The summed E-state index contributed by atoms with van der Waals surface area (Å²) < 4.78 is 0. The van der Waals surface area contributed by atoms with E-state index in [4.69, 9.17) is 24.9 Å². The van der Waals surface area contributed by atoms with Gasteiger partial charge in [-0.1, -0.05) is 0 Å². The summed E-state index contributed by atoms with van der Waals surface area (Å²) in [6.07, 6.45) is 1.22. The van der Waals surface area contributed by atoms with Gasteiger partial charge in [-0.2, -0.15) is 15.0 Å². The summed E-state index contributed by atoms with van der Waals surface area (Å²) in [4.78, 5) is 29.9. The zero-order valence-corrected chi connectivity index (χ0v) is 25.5. The molecule has 6 rings (SSSR count). The fourth-order valence-electron chi connectivity index (χ4n) is 5.58. The van der Waals surface area contributed by atoms with Crippen LogP contribution in [0.5, 0.6) is 0 Å². The second kappa shape index (κ2) is 11.5. The van der Waals surface area contributed by atoms with Crippen LogP contribution < -0.4 is 25.3 Å². The monoisotopic (exact) mass is 578 g/mol. The number of piperidine rings is 1. The standard InChI is InChI=1S/C32H38N10O/c1-19-14-28(40(3)4)24-16-21(9-11-26(24)33-19)35-30-37-31(39-32(38-30)42-13-7-8-23(43)18-42)36-22-10-12-27-25(17-22)29(41(5)6)15-20(2)34-27/h9-12,14-17,23,43H,7-8,13,18H2,1-6H3,(H2,35,36,37,38,39). The van der Waals surface area contributed by atoms with Gasteiger partial charge < -0.3 is 30.4 Å². The molecule has 4 heterocycles. The number of nitrogens with zero attached hydrogens (tertiary/aromatic N) is 8. The largest absolute Gasteiger partial charge is 0.391 e. The SMILES string of the molecule is Cc1cc(N(C)C)c2cc(Nc3nc(Nc4ccc5nc(C)cc(N(C)C)c5c4)nc(N4CCCC(O)C4)n3)ccc2n1. The van der Waals surface area contributed by atoms with E-state index in [1.165, 1.54) is 0 Å². The van der Waals surface area contributed by atoms with Gasteiger partial charge in [-0.3, -0.25) is 9.97 Å². The molecule has 11 heteroatoms. The molecule has 3 N–H and O–H groups in total. The highest BCUT2D eigenvalue weighted by molar-refractivity contribution is 5.95. The van der Waals surface area contributed by atoms with Gasteiger partial charge in [-0.25, -0.2) is 0 Å². The quantitative estimate of drug-likeness (QED) is 0.237. The average Bonchev–Trinajstić information content (AvgIpc) is 2.96.